The Morgan fingerprint density at radius 3 is 2.47 bits per heavy atom. The first-order valence-corrected chi connectivity index (χ1v) is 7.94. The Morgan fingerprint density at radius 1 is 1.21 bits per heavy atom. The molecular weight excluding hydrogens is 238 g/mol. The number of amides is 1. The summed E-state index contributed by atoms with van der Waals surface area (Å²) in [6.07, 6.45) is 4.78. The molecule has 1 amide bonds. The number of hydrogen-bond donors (Lipinski definition) is 2. The fourth-order valence-electron chi connectivity index (χ4n) is 2.91. The summed E-state index contributed by atoms with van der Waals surface area (Å²) >= 11 is 0. The summed E-state index contributed by atoms with van der Waals surface area (Å²) in [5.74, 6) is 1.38. The molecule has 0 radical (unpaired) electrons. The minimum atomic E-state index is 0.255. The van der Waals surface area contributed by atoms with Crippen LogP contribution in [0, 0.1) is 11.8 Å². The maximum Gasteiger partial charge on any atom is 0.223 e. The summed E-state index contributed by atoms with van der Waals surface area (Å²) in [5, 5.41) is 6.58. The summed E-state index contributed by atoms with van der Waals surface area (Å²) < 4.78 is 0. The number of piperidine rings is 1. The van der Waals surface area contributed by atoms with E-state index in [1.165, 1.54) is 32.5 Å². The van der Waals surface area contributed by atoms with E-state index < -0.39 is 0 Å². The highest BCUT2D eigenvalue weighted by Crippen LogP contribution is 2.28. The van der Waals surface area contributed by atoms with Crippen LogP contribution in [0.5, 0.6) is 0 Å². The predicted octanol–water partition coefficient (Wildman–Crippen LogP) is 1.22. The molecule has 110 valence electrons. The van der Waals surface area contributed by atoms with E-state index in [9.17, 15) is 4.79 Å². The van der Waals surface area contributed by atoms with E-state index >= 15 is 0 Å². The largest absolute Gasteiger partial charge is 0.355 e. The second kappa shape index (κ2) is 7.25. The number of nitrogens with one attached hydrogen (secondary N) is 2. The highest BCUT2D eigenvalue weighted by atomic mass is 16.2. The molecule has 2 rings (SSSR count). The number of carbonyl (C=O) groups excluding carboxylic acids is 1. The van der Waals surface area contributed by atoms with Crippen molar-refractivity contribution >= 4 is 5.91 Å². The molecule has 19 heavy (non-hydrogen) atoms. The first-order valence-electron chi connectivity index (χ1n) is 7.94. The van der Waals surface area contributed by atoms with Crippen LogP contribution in [0.15, 0.2) is 0 Å². The lowest BCUT2D eigenvalue weighted by molar-refractivity contribution is -0.122. The maximum atomic E-state index is 11.5. The van der Waals surface area contributed by atoms with Crippen LogP contribution in [0.4, 0.5) is 0 Å². The fourth-order valence-corrected chi connectivity index (χ4v) is 2.91. The summed E-state index contributed by atoms with van der Waals surface area (Å²) in [6.45, 7) is 9.86. The van der Waals surface area contributed by atoms with Gasteiger partial charge in [0.1, 0.15) is 0 Å². The van der Waals surface area contributed by atoms with Gasteiger partial charge < -0.3 is 15.5 Å². The van der Waals surface area contributed by atoms with Crippen LogP contribution in [0.1, 0.15) is 39.5 Å². The van der Waals surface area contributed by atoms with E-state index in [0.717, 1.165) is 31.8 Å². The molecule has 1 saturated heterocycles. The zero-order valence-electron chi connectivity index (χ0n) is 12.5. The van der Waals surface area contributed by atoms with E-state index in [2.05, 4.69) is 29.4 Å². The number of likely N-dealkylation sites (tertiary alicyclic amines) is 1. The topological polar surface area (TPSA) is 44.4 Å². The fraction of sp³-hybridized carbons (Fsp3) is 0.933. The zero-order chi connectivity index (χ0) is 13.7. The number of carbonyl (C=O) groups is 1. The minimum Gasteiger partial charge on any atom is -0.355 e. The van der Waals surface area contributed by atoms with Gasteiger partial charge in [-0.25, -0.2) is 0 Å². The molecule has 4 heteroatoms. The van der Waals surface area contributed by atoms with Gasteiger partial charge in [0, 0.05) is 25.0 Å². The molecule has 4 nitrogen and oxygen atoms in total. The number of rotatable bonds is 7. The molecule has 1 heterocycles. The van der Waals surface area contributed by atoms with Crippen molar-refractivity contribution in [3.8, 4) is 0 Å². The lowest BCUT2D eigenvalue weighted by Crippen LogP contribution is -2.44. The van der Waals surface area contributed by atoms with Gasteiger partial charge in [-0.3, -0.25) is 4.79 Å². The van der Waals surface area contributed by atoms with Gasteiger partial charge in [-0.1, -0.05) is 6.92 Å². The molecule has 0 spiro atoms. The molecule has 2 N–H and O–H groups in total. The van der Waals surface area contributed by atoms with Crippen LogP contribution in [0.2, 0.25) is 0 Å². The van der Waals surface area contributed by atoms with Crippen molar-refractivity contribution in [3.63, 3.8) is 0 Å². The molecule has 0 aromatic rings. The second-order valence-electron chi connectivity index (χ2n) is 6.08. The number of nitrogens with zero attached hydrogens (tertiary/aromatic N) is 1. The van der Waals surface area contributed by atoms with Crippen molar-refractivity contribution in [1.29, 1.82) is 0 Å². The molecule has 1 atom stereocenters. The third-order valence-corrected chi connectivity index (χ3v) is 4.63. The van der Waals surface area contributed by atoms with Gasteiger partial charge in [-0.2, -0.15) is 0 Å². The average Bonchev–Trinajstić information content (AvgIpc) is 3.27. The second-order valence-corrected chi connectivity index (χ2v) is 6.08. The quantitative estimate of drug-likeness (QED) is 0.682. The molecule has 0 bridgehead atoms. The minimum absolute atomic E-state index is 0.255. The Labute approximate surface area is 117 Å². The van der Waals surface area contributed by atoms with E-state index in [0.29, 0.717) is 12.0 Å². The van der Waals surface area contributed by atoms with E-state index in [1.54, 1.807) is 0 Å². The molecule has 0 aromatic heterocycles. The van der Waals surface area contributed by atoms with Crippen molar-refractivity contribution in [3.05, 3.63) is 0 Å². The van der Waals surface area contributed by atoms with E-state index in [1.807, 2.05) is 0 Å². The van der Waals surface area contributed by atoms with Crippen LogP contribution in [0.25, 0.3) is 0 Å². The molecule has 1 aliphatic heterocycles. The summed E-state index contributed by atoms with van der Waals surface area (Å²) in [6, 6.07) is 0.567. The lowest BCUT2D eigenvalue weighted by atomic mass is 9.90. The summed E-state index contributed by atoms with van der Waals surface area (Å²) in [7, 11) is 0. The smallest absolute Gasteiger partial charge is 0.223 e. The van der Waals surface area contributed by atoms with Crippen LogP contribution >= 0.6 is 0 Å². The molecule has 0 aromatic carbocycles. The summed E-state index contributed by atoms with van der Waals surface area (Å²) in [4.78, 5) is 14.0. The van der Waals surface area contributed by atoms with Crippen molar-refractivity contribution < 1.29 is 4.79 Å². The van der Waals surface area contributed by atoms with Gasteiger partial charge in [0.25, 0.3) is 0 Å². The van der Waals surface area contributed by atoms with Crippen molar-refractivity contribution in [2.24, 2.45) is 11.8 Å². The first kappa shape index (κ1) is 14.8. The van der Waals surface area contributed by atoms with Gasteiger partial charge in [-0.05, 0) is 58.2 Å². The predicted molar refractivity (Wildman–Crippen MR) is 78.0 cm³/mol. The van der Waals surface area contributed by atoms with Crippen molar-refractivity contribution in [1.82, 2.24) is 15.5 Å². The van der Waals surface area contributed by atoms with Gasteiger partial charge in [-0.15, -0.1) is 0 Å². The summed E-state index contributed by atoms with van der Waals surface area (Å²) in [5.41, 5.74) is 0. The van der Waals surface area contributed by atoms with Crippen LogP contribution in [0.3, 0.4) is 0 Å². The highest BCUT2D eigenvalue weighted by Gasteiger charge is 2.29. The molecule has 1 saturated carbocycles. The van der Waals surface area contributed by atoms with Crippen LogP contribution in [-0.2, 0) is 4.79 Å². The molecular formula is C15H29N3O. The van der Waals surface area contributed by atoms with Crippen LogP contribution in [-0.4, -0.2) is 49.6 Å². The lowest BCUT2D eigenvalue weighted by Gasteiger charge is -2.34. The Balaban J connectivity index is 1.54. The molecule has 1 aliphatic carbocycles. The molecule has 2 aliphatic rings. The van der Waals surface area contributed by atoms with Gasteiger partial charge >= 0.3 is 0 Å². The average molecular weight is 267 g/mol. The van der Waals surface area contributed by atoms with Crippen molar-refractivity contribution in [2.45, 2.75) is 45.6 Å². The van der Waals surface area contributed by atoms with Gasteiger partial charge in [0.05, 0.1) is 0 Å². The number of hydrogen-bond acceptors (Lipinski definition) is 3. The van der Waals surface area contributed by atoms with Gasteiger partial charge in [0.2, 0.25) is 5.91 Å². The van der Waals surface area contributed by atoms with Crippen molar-refractivity contribution in [2.75, 3.05) is 32.7 Å². The third kappa shape index (κ3) is 4.77. The van der Waals surface area contributed by atoms with E-state index in [-0.39, 0.29) is 5.91 Å². The Morgan fingerprint density at radius 2 is 1.89 bits per heavy atom. The molecule has 1 unspecified atom stereocenters. The van der Waals surface area contributed by atoms with Gasteiger partial charge in [0.15, 0.2) is 0 Å². The molecule has 2 fully saturated rings. The SMILES string of the molecule is CCN1CCC(C(C)NCCNC(=O)C2CC2)CC1. The highest BCUT2D eigenvalue weighted by molar-refractivity contribution is 5.80. The first-order chi connectivity index (χ1) is 9.20. The third-order valence-electron chi connectivity index (χ3n) is 4.63. The zero-order valence-corrected chi connectivity index (χ0v) is 12.5. The normalized spacial score (nSPS) is 23.3. The van der Waals surface area contributed by atoms with E-state index in [4.69, 9.17) is 0 Å². The monoisotopic (exact) mass is 267 g/mol. The van der Waals surface area contributed by atoms with Crippen LogP contribution < -0.4 is 10.6 Å². The Hall–Kier alpha value is -0.610. The Bertz CT molecular complexity index is 283. The maximum absolute atomic E-state index is 11.5. The Kier molecular flexibility index (Phi) is 5.64. The standard InChI is InChI=1S/C15H29N3O/c1-3-18-10-6-13(7-11-18)12(2)16-8-9-17-15(19)14-4-5-14/h12-14,16H,3-11H2,1-2H3,(H,17,19).